The fourth-order valence-corrected chi connectivity index (χ4v) is 7.60. The average molecular weight is 361 g/mol. The van der Waals surface area contributed by atoms with Gasteiger partial charge in [-0.3, -0.25) is 0 Å². The summed E-state index contributed by atoms with van der Waals surface area (Å²) in [6.45, 7) is 11.6. The van der Waals surface area contributed by atoms with Crippen LogP contribution in [-0.4, -0.2) is 20.7 Å². The lowest BCUT2D eigenvalue weighted by molar-refractivity contribution is 0.0526. The molecule has 2 nitrogen and oxygen atoms in total. The van der Waals surface area contributed by atoms with Crippen LogP contribution in [0.15, 0.2) is 30.3 Å². The first kappa shape index (κ1) is 21.7. The maximum atomic E-state index is 11.9. The molecule has 3 heteroatoms. The third kappa shape index (κ3) is 5.84. The van der Waals surface area contributed by atoms with Crippen LogP contribution in [0.5, 0.6) is 0 Å². The molecule has 25 heavy (non-hydrogen) atoms. The topological polar surface area (TPSA) is 26.3 Å². The van der Waals surface area contributed by atoms with E-state index in [4.69, 9.17) is 4.74 Å². The molecule has 0 saturated carbocycles. The summed E-state index contributed by atoms with van der Waals surface area (Å²) in [7, 11) is -1.46. The van der Waals surface area contributed by atoms with E-state index in [0.29, 0.717) is 12.2 Å². The Balaban J connectivity index is 3.16. The van der Waals surface area contributed by atoms with E-state index in [9.17, 15) is 4.79 Å². The number of carbonyl (C=O) groups is 1. The fourth-order valence-electron chi connectivity index (χ4n) is 3.60. The Hall–Kier alpha value is -1.35. The van der Waals surface area contributed by atoms with Crippen LogP contribution in [0.1, 0.15) is 76.2 Å². The van der Waals surface area contributed by atoms with Gasteiger partial charge in [-0.25, -0.2) is 4.79 Å². The summed E-state index contributed by atoms with van der Waals surface area (Å²) in [6, 6.07) is 11.9. The van der Waals surface area contributed by atoms with Gasteiger partial charge in [0.25, 0.3) is 0 Å². The van der Waals surface area contributed by atoms with Gasteiger partial charge >= 0.3 is 5.97 Å². The molecule has 1 aromatic rings. The van der Waals surface area contributed by atoms with Crippen molar-refractivity contribution >= 4 is 19.2 Å². The smallest absolute Gasteiger partial charge is 0.338 e. The number of unbranched alkanes of at least 4 members (excludes halogenated alkanes) is 3. The number of esters is 1. The Morgan fingerprint density at radius 2 is 1.48 bits per heavy atom. The van der Waals surface area contributed by atoms with Crippen LogP contribution in [-0.2, 0) is 4.74 Å². The molecule has 0 amide bonds. The van der Waals surface area contributed by atoms with Gasteiger partial charge in [0.05, 0.1) is 20.2 Å². The first-order valence-electron chi connectivity index (χ1n) is 10.1. The highest BCUT2D eigenvalue weighted by Gasteiger charge is 2.32. The van der Waals surface area contributed by atoms with Gasteiger partial charge in [0.15, 0.2) is 0 Å². The first-order valence-corrected chi connectivity index (χ1v) is 12.7. The van der Waals surface area contributed by atoms with Crippen molar-refractivity contribution in [3.8, 4) is 0 Å². The molecule has 0 fully saturated rings. The predicted molar refractivity (Wildman–Crippen MR) is 112 cm³/mol. The van der Waals surface area contributed by atoms with E-state index in [1.54, 1.807) is 5.20 Å². The van der Waals surface area contributed by atoms with Crippen molar-refractivity contribution in [1.29, 1.82) is 0 Å². The minimum Gasteiger partial charge on any atom is -0.462 e. The van der Waals surface area contributed by atoms with Crippen molar-refractivity contribution in [2.24, 2.45) is 0 Å². The molecular weight excluding hydrogens is 324 g/mol. The zero-order valence-corrected chi connectivity index (χ0v) is 17.9. The third-order valence-electron chi connectivity index (χ3n) is 5.46. The van der Waals surface area contributed by atoms with E-state index in [0.717, 1.165) is 6.42 Å². The number of hydrogen-bond acceptors (Lipinski definition) is 2. The molecule has 0 aromatic heterocycles. The molecule has 0 aliphatic heterocycles. The largest absolute Gasteiger partial charge is 0.462 e. The van der Waals surface area contributed by atoms with E-state index < -0.39 is 8.07 Å². The molecule has 0 radical (unpaired) electrons. The second-order valence-corrected chi connectivity index (χ2v) is 12.0. The van der Waals surface area contributed by atoms with Crippen LogP contribution < -0.4 is 0 Å². The van der Waals surface area contributed by atoms with Crippen LogP contribution in [0.25, 0.3) is 5.20 Å². The molecule has 0 saturated heterocycles. The van der Waals surface area contributed by atoms with Gasteiger partial charge in [-0.1, -0.05) is 82.1 Å². The SMILES string of the molecule is CCCCC/C=C(\c1ccc(C(=O)OCC)cc1)[Si](CC)(CC)CC. The third-order valence-corrected chi connectivity index (χ3v) is 11.2. The summed E-state index contributed by atoms with van der Waals surface area (Å²) in [5, 5.41) is 1.59. The van der Waals surface area contributed by atoms with E-state index in [1.807, 2.05) is 19.1 Å². The molecule has 0 aliphatic carbocycles. The number of ether oxygens (including phenoxy) is 1. The van der Waals surface area contributed by atoms with Gasteiger partial charge in [-0.2, -0.15) is 0 Å². The molecule has 0 spiro atoms. The van der Waals surface area contributed by atoms with Crippen molar-refractivity contribution in [2.75, 3.05) is 6.61 Å². The molecular formula is C22H36O2Si. The van der Waals surface area contributed by atoms with Gasteiger partial charge in [0.1, 0.15) is 0 Å². The summed E-state index contributed by atoms with van der Waals surface area (Å²) < 4.78 is 5.11. The van der Waals surface area contributed by atoms with Gasteiger partial charge in [0, 0.05) is 0 Å². The second-order valence-electron chi connectivity index (χ2n) is 6.75. The Morgan fingerprint density at radius 1 is 0.920 bits per heavy atom. The zero-order valence-electron chi connectivity index (χ0n) is 16.9. The number of rotatable bonds is 11. The van der Waals surface area contributed by atoms with Crippen molar-refractivity contribution in [3.63, 3.8) is 0 Å². The van der Waals surface area contributed by atoms with Crippen LogP contribution >= 0.6 is 0 Å². The molecule has 0 unspecified atom stereocenters. The summed E-state index contributed by atoms with van der Waals surface area (Å²) >= 11 is 0. The fraction of sp³-hybridized carbons (Fsp3) is 0.591. The minimum atomic E-state index is -1.46. The van der Waals surface area contributed by atoms with Gasteiger partial charge < -0.3 is 4.74 Å². The van der Waals surface area contributed by atoms with E-state index in [1.165, 1.54) is 43.0 Å². The number of hydrogen-bond donors (Lipinski definition) is 0. The molecule has 1 aromatic carbocycles. The summed E-state index contributed by atoms with van der Waals surface area (Å²) in [6.07, 6.45) is 7.50. The van der Waals surface area contributed by atoms with Crippen molar-refractivity contribution in [2.45, 2.75) is 78.4 Å². The Labute approximate surface area is 155 Å². The number of carbonyl (C=O) groups excluding carboxylic acids is 1. The molecule has 0 aliphatic rings. The lowest BCUT2D eigenvalue weighted by atomic mass is 10.1. The standard InChI is InChI=1S/C22H36O2Si/c1-6-11-12-13-14-21(25(8-3,9-4)10-5)19-15-17-20(18-16-19)22(23)24-7-2/h14-18H,6-13H2,1-5H3/b21-14+. The molecule has 0 heterocycles. The summed E-state index contributed by atoms with van der Waals surface area (Å²) in [4.78, 5) is 11.9. The summed E-state index contributed by atoms with van der Waals surface area (Å²) in [5.41, 5.74) is 1.95. The normalized spacial score (nSPS) is 12.3. The van der Waals surface area contributed by atoms with Crippen molar-refractivity contribution in [3.05, 3.63) is 41.5 Å². The summed E-state index contributed by atoms with van der Waals surface area (Å²) in [5.74, 6) is -0.229. The highest BCUT2D eigenvalue weighted by Crippen LogP contribution is 2.36. The quantitative estimate of drug-likeness (QED) is 0.244. The minimum absolute atomic E-state index is 0.229. The van der Waals surface area contributed by atoms with Crippen molar-refractivity contribution < 1.29 is 9.53 Å². The molecule has 0 N–H and O–H groups in total. The van der Waals surface area contributed by atoms with E-state index >= 15 is 0 Å². The Morgan fingerprint density at radius 3 is 1.96 bits per heavy atom. The highest BCUT2D eigenvalue weighted by atomic mass is 28.3. The Kier molecular flexibility index (Phi) is 9.80. The lowest BCUT2D eigenvalue weighted by Gasteiger charge is -2.32. The molecule has 0 atom stereocenters. The maximum absolute atomic E-state index is 11.9. The Bertz CT molecular complexity index is 533. The second kappa shape index (κ2) is 11.3. The van der Waals surface area contributed by atoms with Gasteiger partial charge in [0.2, 0.25) is 0 Å². The molecule has 1 rings (SSSR count). The molecule has 140 valence electrons. The predicted octanol–water partition coefficient (Wildman–Crippen LogP) is 6.87. The van der Waals surface area contributed by atoms with Crippen LogP contribution in [0.4, 0.5) is 0 Å². The monoisotopic (exact) mass is 360 g/mol. The van der Waals surface area contributed by atoms with Crippen LogP contribution in [0.2, 0.25) is 18.1 Å². The number of allylic oxidation sites excluding steroid dienone is 1. The van der Waals surface area contributed by atoms with Gasteiger partial charge in [-0.15, -0.1) is 0 Å². The van der Waals surface area contributed by atoms with Gasteiger partial charge in [-0.05, 0) is 37.5 Å². The van der Waals surface area contributed by atoms with E-state index in [2.05, 4.69) is 45.9 Å². The highest BCUT2D eigenvalue weighted by molar-refractivity contribution is 6.96. The lowest BCUT2D eigenvalue weighted by Crippen LogP contribution is -2.33. The average Bonchev–Trinajstić information content (AvgIpc) is 2.65. The number of benzene rings is 1. The zero-order chi connectivity index (χ0) is 18.7. The van der Waals surface area contributed by atoms with Crippen LogP contribution in [0, 0.1) is 0 Å². The van der Waals surface area contributed by atoms with E-state index in [-0.39, 0.29) is 5.97 Å². The van der Waals surface area contributed by atoms with Crippen LogP contribution in [0.3, 0.4) is 0 Å². The first-order chi connectivity index (χ1) is 12.1. The van der Waals surface area contributed by atoms with Crippen molar-refractivity contribution in [1.82, 2.24) is 0 Å². The maximum Gasteiger partial charge on any atom is 0.338 e. The molecule has 0 bridgehead atoms.